The zero-order chi connectivity index (χ0) is 15.2. The van der Waals surface area contributed by atoms with Gasteiger partial charge in [-0.05, 0) is 49.3 Å². The topological polar surface area (TPSA) is 35.5 Å². The van der Waals surface area contributed by atoms with E-state index in [1.54, 1.807) is 0 Å². The van der Waals surface area contributed by atoms with Crippen LogP contribution in [0.1, 0.15) is 44.2 Å². The lowest BCUT2D eigenvalue weighted by atomic mass is 9.94. The average Bonchev–Trinajstić information content (AvgIpc) is 2.46. The zero-order valence-electron chi connectivity index (χ0n) is 13.7. The normalized spacial score (nSPS) is 19.3. The number of nitrogens with one attached hydrogen (secondary N) is 1. The molecular weight excluding hydrogens is 260 g/mol. The van der Waals surface area contributed by atoms with Crippen molar-refractivity contribution >= 4 is 5.69 Å². The second-order valence-electron chi connectivity index (χ2n) is 6.62. The number of nitrogens with zero attached hydrogens (tertiary/aromatic N) is 1. The zero-order valence-corrected chi connectivity index (χ0v) is 13.7. The summed E-state index contributed by atoms with van der Waals surface area (Å²) in [4.78, 5) is 2.50. The molecule has 1 atom stereocenters. The van der Waals surface area contributed by atoms with Crippen LogP contribution in [0, 0.1) is 12.8 Å². The van der Waals surface area contributed by atoms with Crippen molar-refractivity contribution in [2.75, 3.05) is 24.6 Å². The average molecular weight is 290 g/mol. The molecule has 1 heterocycles. The van der Waals surface area contributed by atoms with Crippen LogP contribution >= 0.6 is 0 Å². The Balaban J connectivity index is 2.02. The Morgan fingerprint density at radius 3 is 2.86 bits per heavy atom. The molecule has 0 amide bonds. The van der Waals surface area contributed by atoms with Gasteiger partial charge in [-0.25, -0.2) is 0 Å². The first kappa shape index (κ1) is 16.3. The van der Waals surface area contributed by atoms with Gasteiger partial charge in [-0.15, -0.1) is 0 Å². The number of benzene rings is 1. The van der Waals surface area contributed by atoms with Crippen molar-refractivity contribution in [2.24, 2.45) is 5.92 Å². The van der Waals surface area contributed by atoms with Crippen LogP contribution in [0.5, 0.6) is 0 Å². The Labute approximate surface area is 129 Å². The molecule has 2 N–H and O–H groups in total. The lowest BCUT2D eigenvalue weighted by molar-refractivity contribution is 0.244. The first-order valence-corrected chi connectivity index (χ1v) is 8.29. The SMILES string of the molecule is Cc1cc(CNC(C)C)ccc1N1CCCC(CCO)C1. The van der Waals surface area contributed by atoms with Crippen molar-refractivity contribution < 1.29 is 5.11 Å². The Morgan fingerprint density at radius 1 is 1.38 bits per heavy atom. The van der Waals surface area contributed by atoms with Crippen LogP contribution < -0.4 is 10.2 Å². The van der Waals surface area contributed by atoms with Crippen molar-refractivity contribution in [1.29, 1.82) is 0 Å². The van der Waals surface area contributed by atoms with Crippen LogP contribution in [0.2, 0.25) is 0 Å². The van der Waals surface area contributed by atoms with Gasteiger partial charge < -0.3 is 15.3 Å². The monoisotopic (exact) mass is 290 g/mol. The fraction of sp³-hybridized carbons (Fsp3) is 0.667. The predicted octanol–water partition coefficient (Wildman–Crippen LogP) is 3.09. The molecule has 1 aromatic carbocycles. The number of hydrogen-bond acceptors (Lipinski definition) is 3. The molecule has 0 saturated carbocycles. The summed E-state index contributed by atoms with van der Waals surface area (Å²) >= 11 is 0. The molecule has 1 saturated heterocycles. The minimum absolute atomic E-state index is 0.317. The van der Waals surface area contributed by atoms with Gasteiger partial charge >= 0.3 is 0 Å². The number of hydrogen-bond donors (Lipinski definition) is 2. The Hall–Kier alpha value is -1.06. The first-order chi connectivity index (χ1) is 10.1. The molecule has 0 bridgehead atoms. The van der Waals surface area contributed by atoms with E-state index in [4.69, 9.17) is 5.11 Å². The van der Waals surface area contributed by atoms with E-state index >= 15 is 0 Å². The third-order valence-corrected chi connectivity index (χ3v) is 4.37. The molecule has 1 unspecified atom stereocenters. The third-order valence-electron chi connectivity index (χ3n) is 4.37. The summed E-state index contributed by atoms with van der Waals surface area (Å²) in [5.74, 6) is 0.644. The van der Waals surface area contributed by atoms with Crippen LogP contribution in [0.4, 0.5) is 5.69 Å². The molecule has 1 aliphatic heterocycles. The van der Waals surface area contributed by atoms with Crippen LogP contribution in [-0.4, -0.2) is 30.8 Å². The van der Waals surface area contributed by atoms with E-state index in [2.05, 4.69) is 49.2 Å². The fourth-order valence-electron chi connectivity index (χ4n) is 3.21. The highest BCUT2D eigenvalue weighted by Crippen LogP contribution is 2.28. The number of aryl methyl sites for hydroxylation is 1. The van der Waals surface area contributed by atoms with Crippen LogP contribution in [-0.2, 0) is 6.54 Å². The lowest BCUT2D eigenvalue weighted by Gasteiger charge is -2.35. The van der Waals surface area contributed by atoms with E-state index in [0.717, 1.165) is 26.1 Å². The van der Waals surface area contributed by atoms with Gasteiger partial charge in [0.15, 0.2) is 0 Å². The maximum absolute atomic E-state index is 9.14. The molecule has 3 nitrogen and oxygen atoms in total. The summed E-state index contributed by atoms with van der Waals surface area (Å²) in [5, 5.41) is 12.6. The maximum Gasteiger partial charge on any atom is 0.0434 e. The van der Waals surface area contributed by atoms with Crippen molar-refractivity contribution in [3.05, 3.63) is 29.3 Å². The second kappa shape index (κ2) is 7.81. The fourth-order valence-corrected chi connectivity index (χ4v) is 3.21. The van der Waals surface area contributed by atoms with Gasteiger partial charge in [0.2, 0.25) is 0 Å². The Bertz CT molecular complexity index is 443. The highest BCUT2D eigenvalue weighted by molar-refractivity contribution is 5.54. The van der Waals surface area contributed by atoms with Crippen LogP contribution in [0.3, 0.4) is 0 Å². The van der Waals surface area contributed by atoms with Crippen LogP contribution in [0.15, 0.2) is 18.2 Å². The van der Waals surface area contributed by atoms with Gasteiger partial charge in [0.25, 0.3) is 0 Å². The summed E-state index contributed by atoms with van der Waals surface area (Å²) in [7, 11) is 0. The molecule has 1 aliphatic rings. The molecular formula is C18H30N2O. The lowest BCUT2D eigenvalue weighted by Crippen LogP contribution is -2.36. The number of aliphatic hydroxyl groups excluding tert-OH is 1. The van der Waals surface area contributed by atoms with Crippen molar-refractivity contribution in [2.45, 2.75) is 52.6 Å². The molecule has 1 aromatic rings. The number of piperidine rings is 1. The van der Waals surface area contributed by atoms with Crippen LogP contribution in [0.25, 0.3) is 0 Å². The van der Waals surface area contributed by atoms with Gasteiger partial charge in [0.05, 0.1) is 0 Å². The molecule has 2 rings (SSSR count). The molecule has 3 heteroatoms. The summed E-state index contributed by atoms with van der Waals surface area (Å²) in [6.07, 6.45) is 3.43. The molecule has 21 heavy (non-hydrogen) atoms. The van der Waals surface area contributed by atoms with E-state index in [0.29, 0.717) is 18.6 Å². The number of rotatable bonds is 6. The van der Waals surface area contributed by atoms with Crippen molar-refractivity contribution in [3.63, 3.8) is 0 Å². The maximum atomic E-state index is 9.14. The minimum atomic E-state index is 0.317. The molecule has 118 valence electrons. The summed E-state index contributed by atoms with van der Waals surface area (Å²) < 4.78 is 0. The molecule has 0 aromatic heterocycles. The Kier molecular flexibility index (Phi) is 6.07. The van der Waals surface area contributed by atoms with Gasteiger partial charge in [-0.3, -0.25) is 0 Å². The van der Waals surface area contributed by atoms with Crippen molar-refractivity contribution in [1.82, 2.24) is 5.32 Å². The number of aliphatic hydroxyl groups is 1. The smallest absolute Gasteiger partial charge is 0.0434 e. The standard InChI is InChI=1S/C18H30N2O/c1-14(2)19-12-17-6-7-18(15(3)11-17)20-9-4-5-16(13-20)8-10-21/h6-7,11,14,16,19,21H,4-5,8-10,12-13H2,1-3H3. The Morgan fingerprint density at radius 2 is 2.19 bits per heavy atom. The quantitative estimate of drug-likeness (QED) is 0.845. The van der Waals surface area contributed by atoms with Gasteiger partial charge in [-0.1, -0.05) is 26.0 Å². The van der Waals surface area contributed by atoms with E-state index < -0.39 is 0 Å². The first-order valence-electron chi connectivity index (χ1n) is 8.29. The van der Waals surface area contributed by atoms with E-state index in [1.165, 1.54) is 29.7 Å². The molecule has 0 spiro atoms. The summed E-state index contributed by atoms with van der Waals surface area (Å²) in [5.41, 5.74) is 4.09. The summed E-state index contributed by atoms with van der Waals surface area (Å²) in [6.45, 7) is 10.1. The van der Waals surface area contributed by atoms with E-state index in [1.807, 2.05) is 0 Å². The van der Waals surface area contributed by atoms with Gasteiger partial charge in [0.1, 0.15) is 0 Å². The highest BCUT2D eigenvalue weighted by Gasteiger charge is 2.20. The van der Waals surface area contributed by atoms with Gasteiger partial charge in [-0.2, -0.15) is 0 Å². The van der Waals surface area contributed by atoms with E-state index in [-0.39, 0.29) is 0 Å². The third kappa shape index (κ3) is 4.72. The largest absolute Gasteiger partial charge is 0.396 e. The minimum Gasteiger partial charge on any atom is -0.396 e. The van der Waals surface area contributed by atoms with E-state index in [9.17, 15) is 0 Å². The van der Waals surface area contributed by atoms with Gasteiger partial charge in [0, 0.05) is 38.0 Å². The number of anilines is 1. The highest BCUT2D eigenvalue weighted by atomic mass is 16.3. The predicted molar refractivity (Wildman–Crippen MR) is 89.8 cm³/mol. The molecule has 0 radical (unpaired) electrons. The van der Waals surface area contributed by atoms with Crippen molar-refractivity contribution in [3.8, 4) is 0 Å². The second-order valence-corrected chi connectivity index (χ2v) is 6.62. The summed E-state index contributed by atoms with van der Waals surface area (Å²) in [6, 6.07) is 7.34. The molecule has 0 aliphatic carbocycles. The molecule has 1 fully saturated rings.